The second-order valence-electron chi connectivity index (χ2n) is 1.09. The molecule has 40 valence electrons. The first-order valence-corrected chi connectivity index (χ1v) is 3.45. The van der Waals surface area contributed by atoms with Gasteiger partial charge in [-0.05, 0) is 13.8 Å². The first-order chi connectivity index (χ1) is 3.13. The van der Waals surface area contributed by atoms with Crippen LogP contribution in [-0.2, 0) is 0 Å². The fraction of sp³-hybridized carbons (Fsp3) is 0.500. The van der Waals surface area contributed by atoms with Crippen molar-refractivity contribution in [1.29, 1.82) is 0 Å². The van der Waals surface area contributed by atoms with Crippen LogP contribution < -0.4 is 0 Å². The highest BCUT2D eigenvalue weighted by Gasteiger charge is 1.87. The number of hydrogen-bond donors (Lipinski definition) is 0. The largest absolute Gasteiger partial charge is 0.0773 e. The van der Waals surface area contributed by atoms with Gasteiger partial charge in [0.15, 0.2) is 0 Å². The molecule has 3 heteroatoms. The smallest absolute Gasteiger partial charge is 0.0501 e. The summed E-state index contributed by atoms with van der Waals surface area (Å²) in [5.74, 6) is 0. The normalized spacial score (nSPS) is 8.29. The molecule has 0 aliphatic rings. The van der Waals surface area contributed by atoms with Crippen LogP contribution in [0.1, 0.15) is 13.8 Å². The van der Waals surface area contributed by atoms with Gasteiger partial charge in [-0.3, -0.25) is 0 Å². The Bertz CT molecular complexity index is 83.1. The monoisotopic (exact) mass is 150 g/mol. The second-order valence-corrected chi connectivity index (χ2v) is 4.26. The number of hydrogen-bond acceptors (Lipinski definition) is 3. The zero-order chi connectivity index (χ0) is 5.86. The Kier molecular flexibility index (Phi) is 3.79. The van der Waals surface area contributed by atoms with Gasteiger partial charge in [0.2, 0.25) is 0 Å². The molecule has 0 N–H and O–H groups in total. The van der Waals surface area contributed by atoms with Crippen LogP contribution in [0.5, 0.6) is 0 Å². The van der Waals surface area contributed by atoms with Gasteiger partial charge >= 0.3 is 0 Å². The minimum Gasteiger partial charge on any atom is -0.0773 e. The number of thiocarbonyl (C=S) groups is 2. The summed E-state index contributed by atoms with van der Waals surface area (Å²) in [6.45, 7) is 3.74. The Morgan fingerprint density at radius 1 is 1.14 bits per heavy atom. The Labute approximate surface area is 58.7 Å². The molecule has 0 atom stereocenters. The van der Waals surface area contributed by atoms with E-state index in [-0.39, 0.29) is 0 Å². The Morgan fingerprint density at radius 2 is 1.43 bits per heavy atom. The van der Waals surface area contributed by atoms with Crippen LogP contribution in [0, 0.1) is 0 Å². The van der Waals surface area contributed by atoms with Crippen LogP contribution in [0.2, 0.25) is 0 Å². The molecule has 0 aliphatic carbocycles. The van der Waals surface area contributed by atoms with Gasteiger partial charge in [-0.15, -0.1) is 0 Å². The number of rotatable bonds is 0. The maximum Gasteiger partial charge on any atom is 0.0501 e. The summed E-state index contributed by atoms with van der Waals surface area (Å²) in [5.41, 5.74) is 0. The van der Waals surface area contributed by atoms with Crippen molar-refractivity contribution in [2.24, 2.45) is 0 Å². The van der Waals surface area contributed by atoms with Crippen LogP contribution in [0.25, 0.3) is 0 Å². The lowest BCUT2D eigenvalue weighted by molar-refractivity contribution is 2.10. The minimum atomic E-state index is 0.896. The molecule has 0 nitrogen and oxygen atoms in total. The van der Waals surface area contributed by atoms with Gasteiger partial charge in [-0.2, -0.15) is 0 Å². The van der Waals surface area contributed by atoms with E-state index in [0.717, 1.165) is 8.39 Å². The molecule has 0 radical (unpaired) electrons. The van der Waals surface area contributed by atoms with Crippen molar-refractivity contribution < 1.29 is 0 Å². The second kappa shape index (κ2) is 3.52. The van der Waals surface area contributed by atoms with Crippen LogP contribution in [0.15, 0.2) is 0 Å². The van der Waals surface area contributed by atoms with E-state index in [9.17, 15) is 0 Å². The molecule has 7 heavy (non-hydrogen) atoms. The SMILES string of the molecule is CC(=S)SC(C)=S. The lowest BCUT2D eigenvalue weighted by atomic mass is 11.0. The van der Waals surface area contributed by atoms with Crippen molar-refractivity contribution in [3.63, 3.8) is 0 Å². The molecular weight excluding hydrogens is 144 g/mol. The zero-order valence-electron chi connectivity index (χ0n) is 4.22. The third-order valence-electron chi connectivity index (χ3n) is 0.287. The van der Waals surface area contributed by atoms with Crippen LogP contribution in [0.4, 0.5) is 0 Å². The molecular formula is C4H6S3. The topological polar surface area (TPSA) is 0 Å². The van der Waals surface area contributed by atoms with Crippen LogP contribution in [-0.4, -0.2) is 8.39 Å². The highest BCUT2D eigenvalue weighted by atomic mass is 32.2. The summed E-state index contributed by atoms with van der Waals surface area (Å²) in [5, 5.41) is 0. The predicted octanol–water partition coefficient (Wildman–Crippen LogP) is 2.41. The van der Waals surface area contributed by atoms with Gasteiger partial charge in [-0.25, -0.2) is 0 Å². The van der Waals surface area contributed by atoms with Gasteiger partial charge < -0.3 is 0 Å². The fourth-order valence-corrected chi connectivity index (χ4v) is 1.52. The molecule has 0 rings (SSSR count). The third-order valence-corrected chi connectivity index (χ3v) is 1.36. The molecule has 0 aromatic carbocycles. The molecule has 0 saturated carbocycles. The van der Waals surface area contributed by atoms with E-state index in [0.29, 0.717) is 0 Å². The number of thioether (sulfide) groups is 1. The van der Waals surface area contributed by atoms with Gasteiger partial charge in [0.1, 0.15) is 0 Å². The summed E-state index contributed by atoms with van der Waals surface area (Å²) in [6.07, 6.45) is 0. The van der Waals surface area contributed by atoms with E-state index in [1.165, 1.54) is 11.8 Å². The first-order valence-electron chi connectivity index (χ1n) is 1.82. The third kappa shape index (κ3) is 6.53. The summed E-state index contributed by atoms with van der Waals surface area (Å²) < 4.78 is 1.79. The molecule has 0 bridgehead atoms. The van der Waals surface area contributed by atoms with E-state index in [2.05, 4.69) is 0 Å². The molecule has 0 aromatic heterocycles. The van der Waals surface area contributed by atoms with E-state index in [1.807, 2.05) is 13.8 Å². The van der Waals surface area contributed by atoms with E-state index in [4.69, 9.17) is 24.4 Å². The molecule has 0 heterocycles. The Hall–Kier alpha value is 0.530. The standard InChI is InChI=1S/C4H6S3/c1-3(5)7-4(2)6/h1-2H3. The van der Waals surface area contributed by atoms with Crippen molar-refractivity contribution >= 4 is 44.6 Å². The van der Waals surface area contributed by atoms with Gasteiger partial charge in [-0.1, -0.05) is 36.2 Å². The fourth-order valence-electron chi connectivity index (χ4n) is 0.202. The van der Waals surface area contributed by atoms with Gasteiger partial charge in [0.25, 0.3) is 0 Å². The van der Waals surface area contributed by atoms with E-state index < -0.39 is 0 Å². The van der Waals surface area contributed by atoms with Crippen molar-refractivity contribution in [2.75, 3.05) is 0 Å². The lowest BCUT2D eigenvalue weighted by Crippen LogP contribution is -1.81. The first kappa shape index (κ1) is 7.53. The quantitative estimate of drug-likeness (QED) is 0.487. The van der Waals surface area contributed by atoms with E-state index >= 15 is 0 Å². The Balaban J connectivity index is 3.32. The van der Waals surface area contributed by atoms with Gasteiger partial charge in [0, 0.05) is 0 Å². The van der Waals surface area contributed by atoms with Crippen molar-refractivity contribution in [3.05, 3.63) is 0 Å². The predicted molar refractivity (Wildman–Crippen MR) is 44.1 cm³/mol. The molecule has 0 spiro atoms. The highest BCUT2D eigenvalue weighted by Crippen LogP contribution is 2.05. The minimum absolute atomic E-state index is 0.896. The van der Waals surface area contributed by atoms with Crippen molar-refractivity contribution in [1.82, 2.24) is 0 Å². The molecule has 0 aliphatic heterocycles. The summed E-state index contributed by atoms with van der Waals surface area (Å²) >= 11 is 11.0. The molecule has 0 aromatic rings. The maximum absolute atomic E-state index is 4.75. The lowest BCUT2D eigenvalue weighted by Gasteiger charge is -1.88. The molecule has 0 unspecified atom stereocenters. The summed E-state index contributed by atoms with van der Waals surface area (Å²) in [6, 6.07) is 0. The molecule has 0 saturated heterocycles. The van der Waals surface area contributed by atoms with Crippen LogP contribution >= 0.6 is 36.2 Å². The molecule has 0 amide bonds. The molecule has 0 fully saturated rings. The van der Waals surface area contributed by atoms with Crippen molar-refractivity contribution in [3.8, 4) is 0 Å². The summed E-state index contributed by atoms with van der Waals surface area (Å²) in [7, 11) is 0. The average molecular weight is 150 g/mol. The van der Waals surface area contributed by atoms with Gasteiger partial charge in [0.05, 0.1) is 8.39 Å². The zero-order valence-corrected chi connectivity index (χ0v) is 6.67. The van der Waals surface area contributed by atoms with E-state index in [1.54, 1.807) is 0 Å². The van der Waals surface area contributed by atoms with Crippen LogP contribution in [0.3, 0.4) is 0 Å². The summed E-state index contributed by atoms with van der Waals surface area (Å²) in [4.78, 5) is 0. The highest BCUT2D eigenvalue weighted by molar-refractivity contribution is 8.38. The maximum atomic E-state index is 4.75. The average Bonchev–Trinajstić information content (AvgIpc) is 1.27. The van der Waals surface area contributed by atoms with Crippen molar-refractivity contribution in [2.45, 2.75) is 13.8 Å². The Morgan fingerprint density at radius 3 is 1.43 bits per heavy atom.